The van der Waals surface area contributed by atoms with Gasteiger partial charge >= 0.3 is 0 Å². The number of nitrogens with one attached hydrogen (secondary N) is 3. The monoisotopic (exact) mass is 409 g/mol. The third-order valence-corrected chi connectivity index (χ3v) is 5.64. The van der Waals surface area contributed by atoms with Gasteiger partial charge in [0, 0.05) is 50.5 Å². The van der Waals surface area contributed by atoms with Crippen molar-refractivity contribution < 1.29 is 9.90 Å². The molecule has 2 aromatic carbocycles. The molecule has 130 valence electrons. The van der Waals surface area contributed by atoms with Crippen molar-refractivity contribution in [2.24, 2.45) is 0 Å². The molecule has 5 nitrogen and oxygen atoms in total. The minimum absolute atomic E-state index is 0.182. The fourth-order valence-corrected chi connectivity index (χ4v) is 4.36. The van der Waals surface area contributed by atoms with Gasteiger partial charge in [-0.2, -0.15) is 0 Å². The number of para-hydroxylation sites is 1. The number of aromatic amines is 2. The average molecular weight is 410 g/mol. The molecule has 4 aromatic rings. The Hall–Kier alpha value is -2.57. The van der Waals surface area contributed by atoms with Crippen LogP contribution in [-0.4, -0.2) is 33.6 Å². The SMILES string of the molecule is O=C1NC[C@@H](O)[C@H](c2c[nH]c3ccc(Br)cc23)c2c1[nH]c1ccccc21. The minimum Gasteiger partial charge on any atom is -0.390 e. The molecule has 0 saturated carbocycles. The molecule has 0 spiro atoms. The number of amides is 1. The summed E-state index contributed by atoms with van der Waals surface area (Å²) in [6.07, 6.45) is 1.21. The molecule has 3 heterocycles. The minimum atomic E-state index is -0.725. The normalized spacial score (nSPS) is 20.2. The number of H-pyrrole nitrogens is 2. The van der Waals surface area contributed by atoms with Gasteiger partial charge in [0.05, 0.1) is 6.10 Å². The van der Waals surface area contributed by atoms with E-state index in [9.17, 15) is 9.90 Å². The van der Waals surface area contributed by atoms with Crippen LogP contribution >= 0.6 is 15.9 Å². The summed E-state index contributed by atoms with van der Waals surface area (Å²) in [5.74, 6) is -0.498. The van der Waals surface area contributed by atoms with E-state index in [0.717, 1.165) is 37.4 Å². The van der Waals surface area contributed by atoms with E-state index in [1.54, 1.807) is 0 Å². The average Bonchev–Trinajstić information content (AvgIpc) is 3.19. The van der Waals surface area contributed by atoms with Crippen LogP contribution in [0.5, 0.6) is 0 Å². The molecule has 1 aliphatic rings. The number of carbonyl (C=O) groups is 1. The first-order valence-electron chi connectivity index (χ1n) is 8.47. The van der Waals surface area contributed by atoms with Gasteiger partial charge in [-0.25, -0.2) is 0 Å². The smallest absolute Gasteiger partial charge is 0.268 e. The summed E-state index contributed by atoms with van der Waals surface area (Å²) in [6.45, 7) is 0.209. The maximum atomic E-state index is 12.6. The Morgan fingerprint density at radius 3 is 2.81 bits per heavy atom. The molecule has 26 heavy (non-hydrogen) atoms. The van der Waals surface area contributed by atoms with Crippen LogP contribution in [0.1, 0.15) is 27.5 Å². The van der Waals surface area contributed by atoms with E-state index >= 15 is 0 Å². The molecule has 2 aromatic heterocycles. The topological polar surface area (TPSA) is 80.9 Å². The van der Waals surface area contributed by atoms with Crippen LogP contribution < -0.4 is 5.32 Å². The summed E-state index contributed by atoms with van der Waals surface area (Å²) >= 11 is 3.53. The van der Waals surface area contributed by atoms with Crippen molar-refractivity contribution in [1.82, 2.24) is 15.3 Å². The van der Waals surface area contributed by atoms with E-state index < -0.39 is 6.10 Å². The van der Waals surface area contributed by atoms with Crippen LogP contribution in [0.3, 0.4) is 0 Å². The number of hydrogen-bond donors (Lipinski definition) is 4. The van der Waals surface area contributed by atoms with Crippen LogP contribution in [0.2, 0.25) is 0 Å². The molecular weight excluding hydrogens is 394 g/mol. The molecule has 0 aliphatic carbocycles. The largest absolute Gasteiger partial charge is 0.390 e. The molecule has 2 atom stereocenters. The Balaban J connectivity index is 1.84. The number of hydrogen-bond acceptors (Lipinski definition) is 2. The Morgan fingerprint density at radius 2 is 1.92 bits per heavy atom. The first kappa shape index (κ1) is 15.7. The second-order valence-corrected chi connectivity index (χ2v) is 7.56. The lowest BCUT2D eigenvalue weighted by molar-refractivity contribution is 0.0922. The molecule has 4 N–H and O–H groups in total. The molecule has 0 bridgehead atoms. The number of aliphatic hydroxyl groups excluding tert-OH is 1. The van der Waals surface area contributed by atoms with Crippen molar-refractivity contribution in [2.75, 3.05) is 6.54 Å². The Kier molecular flexibility index (Phi) is 3.45. The summed E-state index contributed by atoms with van der Waals surface area (Å²) < 4.78 is 0.974. The second-order valence-electron chi connectivity index (χ2n) is 6.65. The zero-order valence-electron chi connectivity index (χ0n) is 13.7. The van der Waals surface area contributed by atoms with Gasteiger partial charge in [0.1, 0.15) is 5.69 Å². The van der Waals surface area contributed by atoms with Gasteiger partial charge < -0.3 is 20.4 Å². The highest BCUT2D eigenvalue weighted by molar-refractivity contribution is 9.10. The first-order chi connectivity index (χ1) is 12.6. The van der Waals surface area contributed by atoms with Crippen LogP contribution in [0.25, 0.3) is 21.8 Å². The molecule has 0 fully saturated rings. The Labute approximate surface area is 157 Å². The summed E-state index contributed by atoms with van der Waals surface area (Å²) in [7, 11) is 0. The van der Waals surface area contributed by atoms with Crippen LogP contribution in [0, 0.1) is 0 Å². The van der Waals surface area contributed by atoms with Crippen molar-refractivity contribution in [1.29, 1.82) is 0 Å². The summed E-state index contributed by atoms with van der Waals surface area (Å²) in [5, 5.41) is 15.8. The van der Waals surface area contributed by atoms with Crippen molar-refractivity contribution in [3.63, 3.8) is 0 Å². The van der Waals surface area contributed by atoms with Gasteiger partial charge in [-0.1, -0.05) is 34.1 Å². The number of rotatable bonds is 1. The fourth-order valence-electron chi connectivity index (χ4n) is 4.00. The first-order valence-corrected chi connectivity index (χ1v) is 9.26. The number of aromatic nitrogens is 2. The van der Waals surface area contributed by atoms with Crippen LogP contribution in [0.4, 0.5) is 0 Å². The third-order valence-electron chi connectivity index (χ3n) is 5.15. The maximum absolute atomic E-state index is 12.6. The van der Waals surface area contributed by atoms with Gasteiger partial charge in [0.15, 0.2) is 0 Å². The number of aliphatic hydroxyl groups is 1. The van der Waals surface area contributed by atoms with Crippen molar-refractivity contribution in [3.8, 4) is 0 Å². The van der Waals surface area contributed by atoms with E-state index in [2.05, 4.69) is 31.2 Å². The summed E-state index contributed by atoms with van der Waals surface area (Å²) in [6, 6.07) is 13.9. The quantitative estimate of drug-likeness (QED) is 0.387. The van der Waals surface area contributed by atoms with Gasteiger partial charge in [-0.3, -0.25) is 4.79 Å². The van der Waals surface area contributed by atoms with Gasteiger partial charge in [-0.05, 0) is 29.8 Å². The Bertz CT molecular complexity index is 1160. The zero-order chi connectivity index (χ0) is 17.8. The highest BCUT2D eigenvalue weighted by atomic mass is 79.9. The number of fused-ring (bicyclic) bond motifs is 4. The number of benzene rings is 2. The lowest BCUT2D eigenvalue weighted by Crippen LogP contribution is -2.31. The molecule has 6 heteroatoms. The van der Waals surface area contributed by atoms with Crippen LogP contribution in [0.15, 0.2) is 53.1 Å². The molecular formula is C20H16BrN3O2. The van der Waals surface area contributed by atoms with E-state index in [4.69, 9.17) is 0 Å². The van der Waals surface area contributed by atoms with E-state index in [1.807, 2.05) is 48.7 Å². The van der Waals surface area contributed by atoms with Crippen molar-refractivity contribution >= 4 is 43.6 Å². The third kappa shape index (κ3) is 2.22. The Morgan fingerprint density at radius 1 is 1.08 bits per heavy atom. The molecule has 1 aliphatic heterocycles. The molecule has 1 amide bonds. The van der Waals surface area contributed by atoms with Gasteiger partial charge in [0.2, 0.25) is 0 Å². The molecule has 0 unspecified atom stereocenters. The number of carbonyl (C=O) groups excluding carboxylic acids is 1. The fraction of sp³-hybridized carbons (Fsp3) is 0.150. The standard InChI is InChI=1S/C20H16BrN3O2/c21-10-5-6-14-12(7-10)13(8-22-14)17-16(25)9-23-20(26)19-18(17)11-3-1-2-4-15(11)24-19/h1-8,16-17,22,24-25H,9H2,(H,23,26)/t16-,17+/m1/s1. The molecule has 5 rings (SSSR count). The maximum Gasteiger partial charge on any atom is 0.268 e. The van der Waals surface area contributed by atoms with E-state index in [-0.39, 0.29) is 18.4 Å². The predicted octanol–water partition coefficient (Wildman–Crippen LogP) is 3.65. The lowest BCUT2D eigenvalue weighted by Gasteiger charge is -2.21. The molecule has 0 saturated heterocycles. The zero-order valence-corrected chi connectivity index (χ0v) is 15.3. The van der Waals surface area contributed by atoms with Gasteiger partial charge in [-0.15, -0.1) is 0 Å². The van der Waals surface area contributed by atoms with Crippen molar-refractivity contribution in [3.05, 3.63) is 70.0 Å². The number of β-amino-alcohol motifs (C(OH)–C–C–N with tert-alkyl or cyclic N) is 1. The van der Waals surface area contributed by atoms with Gasteiger partial charge in [0.25, 0.3) is 5.91 Å². The van der Waals surface area contributed by atoms with E-state index in [1.165, 1.54) is 0 Å². The van der Waals surface area contributed by atoms with E-state index in [0.29, 0.717) is 5.69 Å². The highest BCUT2D eigenvalue weighted by Crippen LogP contribution is 2.40. The summed E-state index contributed by atoms with van der Waals surface area (Å²) in [5.41, 5.74) is 4.26. The number of halogens is 1. The predicted molar refractivity (Wildman–Crippen MR) is 104 cm³/mol. The van der Waals surface area contributed by atoms with Crippen LogP contribution in [-0.2, 0) is 0 Å². The highest BCUT2D eigenvalue weighted by Gasteiger charge is 2.35. The van der Waals surface area contributed by atoms with Crippen molar-refractivity contribution in [2.45, 2.75) is 12.0 Å². The molecule has 0 radical (unpaired) electrons. The second kappa shape index (κ2) is 5.72. The lowest BCUT2D eigenvalue weighted by atomic mass is 9.85. The summed E-state index contributed by atoms with van der Waals surface area (Å²) in [4.78, 5) is 19.1.